The second-order valence-corrected chi connectivity index (χ2v) is 9.90. The maximum atomic E-state index is 6.79. The highest BCUT2D eigenvalue weighted by Crippen LogP contribution is 2.41. The van der Waals surface area contributed by atoms with Crippen molar-refractivity contribution < 1.29 is 14.2 Å². The summed E-state index contributed by atoms with van der Waals surface area (Å²) in [5.74, 6) is 1.88. The van der Waals surface area contributed by atoms with Crippen molar-refractivity contribution in [3.63, 3.8) is 0 Å². The molecule has 1 saturated carbocycles. The average molecular weight is 492 g/mol. The van der Waals surface area contributed by atoms with Gasteiger partial charge in [-0.15, -0.1) is 0 Å². The van der Waals surface area contributed by atoms with Gasteiger partial charge in [-0.05, 0) is 62.6 Å². The molecule has 180 valence electrons. The molecule has 4 aromatic rings. The van der Waals surface area contributed by atoms with E-state index in [-0.39, 0.29) is 11.7 Å². The molecule has 1 aliphatic heterocycles. The van der Waals surface area contributed by atoms with E-state index in [0.29, 0.717) is 46.8 Å². The summed E-state index contributed by atoms with van der Waals surface area (Å²) < 4.78 is 19.7. The fourth-order valence-electron chi connectivity index (χ4n) is 4.25. The van der Waals surface area contributed by atoms with Gasteiger partial charge in [0, 0.05) is 18.2 Å². The Labute approximate surface area is 208 Å². The summed E-state index contributed by atoms with van der Waals surface area (Å²) in [5.41, 5.74) is 3.91. The fourth-order valence-corrected chi connectivity index (χ4v) is 4.51. The first kappa shape index (κ1) is 22.2. The lowest BCUT2D eigenvalue weighted by Crippen LogP contribution is -2.15. The van der Waals surface area contributed by atoms with Crippen molar-refractivity contribution in [3.8, 4) is 23.0 Å². The van der Waals surface area contributed by atoms with Crippen molar-refractivity contribution in [2.75, 3.05) is 13.2 Å². The van der Waals surface area contributed by atoms with Gasteiger partial charge >= 0.3 is 0 Å². The molecule has 0 N–H and O–H groups in total. The largest absolute Gasteiger partial charge is 0.488 e. The Morgan fingerprint density at radius 1 is 1.17 bits per heavy atom. The molecule has 1 aliphatic carbocycles. The summed E-state index contributed by atoms with van der Waals surface area (Å²) in [7, 11) is 0. The summed E-state index contributed by atoms with van der Waals surface area (Å²) in [6.07, 6.45) is 6.26. The minimum atomic E-state index is -0.191. The van der Waals surface area contributed by atoms with E-state index in [4.69, 9.17) is 30.8 Å². The van der Waals surface area contributed by atoms with Gasteiger partial charge < -0.3 is 18.8 Å². The summed E-state index contributed by atoms with van der Waals surface area (Å²) in [6, 6.07) is 9.72. The second-order valence-electron chi connectivity index (χ2n) is 9.49. The first-order valence-electron chi connectivity index (χ1n) is 11.8. The molecule has 0 spiro atoms. The number of nitrogens with zero attached hydrogens (tertiary/aromatic N) is 5. The number of aryl methyl sites for hydroxylation is 1. The summed E-state index contributed by atoms with van der Waals surface area (Å²) in [5, 5.41) is 0.541. The van der Waals surface area contributed by atoms with Crippen LogP contribution in [0.25, 0.3) is 22.6 Å². The van der Waals surface area contributed by atoms with Gasteiger partial charge in [0.1, 0.15) is 29.6 Å². The van der Waals surface area contributed by atoms with E-state index < -0.39 is 0 Å². The molecule has 1 saturated heterocycles. The number of aromatic nitrogens is 5. The van der Waals surface area contributed by atoms with Crippen LogP contribution in [0.15, 0.2) is 42.9 Å². The maximum Gasteiger partial charge on any atom is 0.245 e. The highest BCUT2D eigenvalue weighted by atomic mass is 35.5. The fraction of sp³-hybridized carbons (Fsp3) is 0.385. The molecule has 1 aromatic carbocycles. The van der Waals surface area contributed by atoms with E-state index in [1.165, 1.54) is 6.33 Å². The van der Waals surface area contributed by atoms with Crippen LogP contribution in [0.2, 0.25) is 5.02 Å². The van der Waals surface area contributed by atoms with Gasteiger partial charge in [-0.25, -0.2) is 9.97 Å². The summed E-state index contributed by atoms with van der Waals surface area (Å²) in [6.45, 7) is 5.93. The number of ether oxygens (including phenoxy) is 3. The Balaban J connectivity index is 1.44. The second kappa shape index (κ2) is 8.77. The van der Waals surface area contributed by atoms with E-state index in [9.17, 15) is 0 Å². The van der Waals surface area contributed by atoms with Crippen molar-refractivity contribution in [2.45, 2.75) is 51.4 Å². The van der Waals surface area contributed by atoms with Crippen molar-refractivity contribution in [3.05, 3.63) is 59.1 Å². The molecule has 3 aromatic heterocycles. The van der Waals surface area contributed by atoms with E-state index in [2.05, 4.69) is 27.9 Å². The Hall–Kier alpha value is -3.23. The monoisotopic (exact) mass is 491 g/mol. The van der Waals surface area contributed by atoms with Gasteiger partial charge in [0.15, 0.2) is 11.2 Å². The molecule has 0 unspecified atom stereocenters. The molecule has 0 amide bonds. The third-order valence-corrected chi connectivity index (χ3v) is 6.77. The lowest BCUT2D eigenvalue weighted by molar-refractivity contribution is 0.141. The van der Waals surface area contributed by atoms with Crippen LogP contribution < -0.4 is 9.47 Å². The van der Waals surface area contributed by atoms with Crippen LogP contribution in [-0.2, 0) is 11.3 Å². The zero-order valence-corrected chi connectivity index (χ0v) is 20.5. The number of imidazole rings is 1. The van der Waals surface area contributed by atoms with Gasteiger partial charge in [-0.1, -0.05) is 11.6 Å². The molecular weight excluding hydrogens is 466 g/mol. The lowest BCUT2D eigenvalue weighted by Gasteiger charge is -2.14. The van der Waals surface area contributed by atoms with Crippen molar-refractivity contribution >= 4 is 22.8 Å². The van der Waals surface area contributed by atoms with Crippen LogP contribution in [0.1, 0.15) is 37.4 Å². The third kappa shape index (κ3) is 4.56. The van der Waals surface area contributed by atoms with E-state index in [1.54, 1.807) is 0 Å². The molecule has 8 nitrogen and oxygen atoms in total. The predicted molar refractivity (Wildman–Crippen MR) is 132 cm³/mol. The van der Waals surface area contributed by atoms with Crippen molar-refractivity contribution in [1.82, 2.24) is 24.5 Å². The molecule has 0 radical (unpaired) electrons. The molecular formula is C26H26ClN5O3. The Morgan fingerprint density at radius 2 is 2.06 bits per heavy atom. The van der Waals surface area contributed by atoms with E-state index in [1.807, 2.05) is 42.0 Å². The number of hydrogen-bond acceptors (Lipinski definition) is 7. The van der Waals surface area contributed by atoms with Crippen LogP contribution in [0.5, 0.6) is 11.6 Å². The van der Waals surface area contributed by atoms with Gasteiger partial charge in [0.05, 0.1) is 30.5 Å². The molecule has 9 heteroatoms. The van der Waals surface area contributed by atoms with Gasteiger partial charge in [0.25, 0.3) is 0 Å². The van der Waals surface area contributed by atoms with Crippen LogP contribution >= 0.6 is 11.6 Å². The molecule has 2 fully saturated rings. The van der Waals surface area contributed by atoms with E-state index in [0.717, 1.165) is 42.7 Å². The molecule has 4 heterocycles. The quantitative estimate of drug-likeness (QED) is 0.359. The number of pyridine rings is 1. The van der Waals surface area contributed by atoms with Crippen molar-refractivity contribution in [1.29, 1.82) is 0 Å². The average Bonchev–Trinajstić information content (AvgIpc) is 3.19. The normalized spacial score (nSPS) is 18.7. The number of rotatable bonds is 7. The summed E-state index contributed by atoms with van der Waals surface area (Å²) in [4.78, 5) is 18.5. The number of halogens is 1. The zero-order valence-electron chi connectivity index (χ0n) is 19.7. The first-order valence-corrected chi connectivity index (χ1v) is 12.2. The van der Waals surface area contributed by atoms with E-state index >= 15 is 0 Å². The number of fused-ring (bicyclic) bond motifs is 1. The van der Waals surface area contributed by atoms with Gasteiger partial charge in [0.2, 0.25) is 5.88 Å². The lowest BCUT2D eigenvalue weighted by atomic mass is 10.2. The zero-order chi connectivity index (χ0) is 24.0. The minimum Gasteiger partial charge on any atom is -0.488 e. The first-order chi connectivity index (χ1) is 17.0. The Morgan fingerprint density at radius 3 is 2.80 bits per heavy atom. The maximum absolute atomic E-state index is 6.79. The third-order valence-electron chi connectivity index (χ3n) is 6.46. The SMILES string of the molecule is Cc1ccnc(Cn2c(-c3ccc(O[C@H]4CCOC4)cc3Cl)nc3c(OC4(C)CC4)ncnc32)c1. The standard InChI is InChI=1S/C26H26ClN5O3/c1-16-5-9-28-17(11-16)13-32-23(20-4-3-18(12-21(20)27)34-19-6-10-33-14-19)31-22-24(32)29-15-30-25(22)35-26(2)7-8-26/h3-5,9,11-12,15,19H,6-8,10,13-14H2,1-2H3/t19-/m0/s1. The highest BCUT2D eigenvalue weighted by molar-refractivity contribution is 6.33. The van der Waals surface area contributed by atoms with Crippen molar-refractivity contribution in [2.24, 2.45) is 0 Å². The van der Waals surface area contributed by atoms with Crippen LogP contribution in [0.4, 0.5) is 0 Å². The topological polar surface area (TPSA) is 84.2 Å². The number of hydrogen-bond donors (Lipinski definition) is 0. The highest BCUT2D eigenvalue weighted by Gasteiger charge is 2.41. The molecule has 0 bridgehead atoms. The minimum absolute atomic E-state index is 0.0488. The molecule has 35 heavy (non-hydrogen) atoms. The van der Waals surface area contributed by atoms with Gasteiger partial charge in [-0.2, -0.15) is 4.98 Å². The summed E-state index contributed by atoms with van der Waals surface area (Å²) >= 11 is 6.79. The molecule has 2 aliphatic rings. The predicted octanol–water partition coefficient (Wildman–Crippen LogP) is 5.00. The van der Waals surface area contributed by atoms with Crippen LogP contribution in [0, 0.1) is 6.92 Å². The molecule has 6 rings (SSSR count). The van der Waals surface area contributed by atoms with Crippen LogP contribution in [0.3, 0.4) is 0 Å². The smallest absolute Gasteiger partial charge is 0.245 e. The molecule has 1 atom stereocenters. The number of benzene rings is 1. The Bertz CT molecular complexity index is 1400. The van der Waals surface area contributed by atoms with Gasteiger partial charge in [-0.3, -0.25) is 4.98 Å². The van der Waals surface area contributed by atoms with Crippen LogP contribution in [-0.4, -0.2) is 49.4 Å². The Kier molecular flexibility index (Phi) is 5.57.